The molecule has 6 heteroatoms. The number of rotatable bonds is 3. The Labute approximate surface area is 144 Å². The van der Waals surface area contributed by atoms with E-state index in [0.717, 1.165) is 10.2 Å². The van der Waals surface area contributed by atoms with Crippen molar-refractivity contribution in [2.24, 2.45) is 7.05 Å². The predicted molar refractivity (Wildman–Crippen MR) is 92.4 cm³/mol. The monoisotopic (exact) mass is 341 g/mol. The molecular weight excluding hydrogens is 324 g/mol. The van der Waals surface area contributed by atoms with Gasteiger partial charge in [0.2, 0.25) is 5.95 Å². The van der Waals surface area contributed by atoms with Gasteiger partial charge in [0.05, 0.1) is 11.4 Å². The minimum Gasteiger partial charge on any atom is -0.319 e. The van der Waals surface area contributed by atoms with Gasteiger partial charge >= 0.3 is 0 Å². The first-order chi connectivity index (χ1) is 11.9. The number of benzene rings is 2. The van der Waals surface area contributed by atoms with Gasteiger partial charge in [0, 0.05) is 12.6 Å². The lowest BCUT2D eigenvalue weighted by Crippen LogP contribution is -2.16. The third kappa shape index (κ3) is 3.03. The Morgan fingerprint density at radius 3 is 2.36 bits per heavy atom. The van der Waals surface area contributed by atoms with Crippen molar-refractivity contribution in [2.75, 3.05) is 5.32 Å². The standard InChI is InChI=1S/C19H17F2N3O/c1-11-9-10-14(13-7-5-4-6-8-13)17(16(11)20)22-19(25)15-12(2)23-24(3)18(15)21/h4-10H,1-3H3,(H,22,25). The first-order valence-electron chi connectivity index (χ1n) is 7.75. The zero-order valence-corrected chi connectivity index (χ0v) is 14.1. The topological polar surface area (TPSA) is 46.9 Å². The van der Waals surface area contributed by atoms with Gasteiger partial charge in [0.25, 0.3) is 5.91 Å². The molecule has 128 valence electrons. The Balaban J connectivity index is 2.08. The van der Waals surface area contributed by atoms with Crippen LogP contribution in [0.1, 0.15) is 21.6 Å². The maximum absolute atomic E-state index is 14.7. The molecule has 1 N–H and O–H groups in total. The molecule has 0 spiro atoms. The van der Waals surface area contributed by atoms with E-state index in [9.17, 15) is 13.6 Å². The molecule has 0 aliphatic heterocycles. The molecule has 3 aromatic rings. The second-order valence-electron chi connectivity index (χ2n) is 5.81. The summed E-state index contributed by atoms with van der Waals surface area (Å²) in [5.74, 6) is -2.04. The zero-order valence-electron chi connectivity index (χ0n) is 14.1. The highest BCUT2D eigenvalue weighted by atomic mass is 19.1. The van der Waals surface area contributed by atoms with Crippen LogP contribution in [0.15, 0.2) is 42.5 Å². The van der Waals surface area contributed by atoms with Crippen molar-refractivity contribution in [3.63, 3.8) is 0 Å². The van der Waals surface area contributed by atoms with E-state index in [1.54, 1.807) is 19.1 Å². The summed E-state index contributed by atoms with van der Waals surface area (Å²) in [6.45, 7) is 3.14. The number of aromatic nitrogens is 2. The molecule has 4 nitrogen and oxygen atoms in total. The largest absolute Gasteiger partial charge is 0.319 e. The Morgan fingerprint density at radius 1 is 1.08 bits per heavy atom. The van der Waals surface area contributed by atoms with Gasteiger partial charge < -0.3 is 5.32 Å². The first kappa shape index (κ1) is 16.8. The molecule has 0 aliphatic rings. The third-order valence-corrected chi connectivity index (χ3v) is 4.04. The van der Waals surface area contributed by atoms with E-state index in [0.29, 0.717) is 11.1 Å². The minimum absolute atomic E-state index is 0.0267. The molecule has 0 unspecified atom stereocenters. The summed E-state index contributed by atoms with van der Waals surface area (Å²) in [5.41, 5.74) is 1.74. The minimum atomic E-state index is -0.760. The molecule has 1 aromatic heterocycles. The summed E-state index contributed by atoms with van der Waals surface area (Å²) in [5, 5.41) is 6.40. The highest BCUT2D eigenvalue weighted by molar-refractivity contribution is 6.07. The quantitative estimate of drug-likeness (QED) is 0.775. The van der Waals surface area contributed by atoms with Crippen LogP contribution in [-0.4, -0.2) is 15.7 Å². The number of anilines is 1. The summed E-state index contributed by atoms with van der Waals surface area (Å²) >= 11 is 0. The molecule has 0 radical (unpaired) electrons. The predicted octanol–water partition coefficient (Wildman–Crippen LogP) is 4.23. The highest BCUT2D eigenvalue weighted by Gasteiger charge is 2.23. The van der Waals surface area contributed by atoms with Crippen LogP contribution in [0, 0.1) is 25.6 Å². The van der Waals surface area contributed by atoms with Crippen LogP contribution in [0.2, 0.25) is 0 Å². The van der Waals surface area contributed by atoms with Gasteiger partial charge in [-0.25, -0.2) is 9.07 Å². The maximum atomic E-state index is 14.7. The Hall–Kier alpha value is -3.02. The molecule has 3 rings (SSSR count). The lowest BCUT2D eigenvalue weighted by molar-refractivity contribution is 0.102. The average Bonchev–Trinajstić information content (AvgIpc) is 2.85. The van der Waals surface area contributed by atoms with Crippen molar-refractivity contribution in [1.29, 1.82) is 0 Å². The molecule has 0 fully saturated rings. The third-order valence-electron chi connectivity index (χ3n) is 4.04. The molecule has 1 heterocycles. The van der Waals surface area contributed by atoms with E-state index in [-0.39, 0.29) is 16.9 Å². The SMILES string of the molecule is Cc1ccc(-c2ccccc2)c(NC(=O)c2c(C)nn(C)c2F)c1F. The van der Waals surface area contributed by atoms with Gasteiger partial charge in [-0.15, -0.1) is 0 Å². The molecule has 0 atom stereocenters. The number of nitrogens with zero attached hydrogens (tertiary/aromatic N) is 2. The van der Waals surface area contributed by atoms with E-state index >= 15 is 0 Å². The van der Waals surface area contributed by atoms with Gasteiger partial charge in [-0.3, -0.25) is 4.79 Å². The van der Waals surface area contributed by atoms with Gasteiger partial charge in [0.15, 0.2) is 0 Å². The number of halogens is 2. The fourth-order valence-electron chi connectivity index (χ4n) is 2.72. The highest BCUT2D eigenvalue weighted by Crippen LogP contribution is 2.32. The summed E-state index contributed by atoms with van der Waals surface area (Å²) < 4.78 is 29.8. The Kier molecular flexibility index (Phi) is 4.35. The molecule has 1 amide bonds. The Morgan fingerprint density at radius 2 is 1.76 bits per heavy atom. The number of amides is 1. The fraction of sp³-hybridized carbons (Fsp3) is 0.158. The van der Waals surface area contributed by atoms with Crippen molar-refractivity contribution < 1.29 is 13.6 Å². The van der Waals surface area contributed by atoms with Crippen LogP contribution >= 0.6 is 0 Å². The summed E-state index contributed by atoms with van der Waals surface area (Å²) in [7, 11) is 1.40. The number of hydrogen-bond acceptors (Lipinski definition) is 2. The van der Waals surface area contributed by atoms with Gasteiger partial charge in [-0.1, -0.05) is 42.5 Å². The average molecular weight is 341 g/mol. The number of aryl methyl sites for hydroxylation is 3. The van der Waals surface area contributed by atoms with E-state index in [1.807, 2.05) is 30.3 Å². The number of carbonyl (C=O) groups excluding carboxylic acids is 1. The van der Waals surface area contributed by atoms with Crippen LogP contribution < -0.4 is 5.32 Å². The Bertz CT molecular complexity index is 949. The summed E-state index contributed by atoms with van der Waals surface area (Å²) in [6, 6.07) is 12.5. The van der Waals surface area contributed by atoms with Crippen LogP contribution in [-0.2, 0) is 7.05 Å². The number of hydrogen-bond donors (Lipinski definition) is 1. The van der Waals surface area contributed by atoms with Crippen molar-refractivity contribution in [3.05, 3.63) is 71.1 Å². The first-order valence-corrected chi connectivity index (χ1v) is 7.75. The van der Waals surface area contributed by atoms with Crippen LogP contribution in [0.5, 0.6) is 0 Å². The molecule has 2 aromatic carbocycles. The maximum Gasteiger partial charge on any atom is 0.262 e. The van der Waals surface area contributed by atoms with Crippen LogP contribution in [0.4, 0.5) is 14.5 Å². The molecule has 0 saturated heterocycles. The number of nitrogens with one attached hydrogen (secondary N) is 1. The van der Waals surface area contributed by atoms with Crippen molar-refractivity contribution >= 4 is 11.6 Å². The summed E-state index contributed by atoms with van der Waals surface area (Å²) in [6.07, 6.45) is 0. The van der Waals surface area contributed by atoms with Gasteiger partial charge in [-0.2, -0.15) is 9.49 Å². The van der Waals surface area contributed by atoms with E-state index < -0.39 is 17.7 Å². The smallest absolute Gasteiger partial charge is 0.262 e. The summed E-state index contributed by atoms with van der Waals surface area (Å²) in [4.78, 5) is 12.5. The zero-order chi connectivity index (χ0) is 18.1. The molecule has 25 heavy (non-hydrogen) atoms. The van der Waals surface area contributed by atoms with Gasteiger partial charge in [-0.05, 0) is 25.0 Å². The molecular formula is C19H17F2N3O. The molecule has 0 saturated carbocycles. The lowest BCUT2D eigenvalue weighted by atomic mass is 10.0. The van der Waals surface area contributed by atoms with Crippen molar-refractivity contribution in [3.8, 4) is 11.1 Å². The van der Waals surface area contributed by atoms with Crippen molar-refractivity contribution in [2.45, 2.75) is 13.8 Å². The fourth-order valence-corrected chi connectivity index (χ4v) is 2.72. The molecule has 0 bridgehead atoms. The van der Waals surface area contributed by atoms with Crippen LogP contribution in [0.3, 0.4) is 0 Å². The number of carbonyl (C=O) groups is 1. The van der Waals surface area contributed by atoms with Gasteiger partial charge in [0.1, 0.15) is 11.4 Å². The lowest BCUT2D eigenvalue weighted by Gasteiger charge is -2.14. The van der Waals surface area contributed by atoms with E-state index in [2.05, 4.69) is 10.4 Å². The van der Waals surface area contributed by atoms with E-state index in [1.165, 1.54) is 14.0 Å². The second-order valence-corrected chi connectivity index (χ2v) is 5.81. The van der Waals surface area contributed by atoms with Crippen LogP contribution in [0.25, 0.3) is 11.1 Å². The van der Waals surface area contributed by atoms with E-state index in [4.69, 9.17) is 0 Å². The van der Waals surface area contributed by atoms with Crippen molar-refractivity contribution in [1.82, 2.24) is 9.78 Å². The normalized spacial score (nSPS) is 10.8. The second kappa shape index (κ2) is 6.47. The molecule has 0 aliphatic carbocycles.